The summed E-state index contributed by atoms with van der Waals surface area (Å²) in [4.78, 5) is 23.5. The van der Waals surface area contributed by atoms with E-state index in [2.05, 4.69) is 0 Å². The van der Waals surface area contributed by atoms with E-state index in [0.717, 1.165) is 6.08 Å². The maximum atomic E-state index is 11.7. The number of nitrogens with zero attached hydrogens (tertiary/aromatic N) is 1. The number of amides is 1. The normalized spacial score (nSPS) is 11.1. The largest absolute Gasteiger partial charge is 0.508 e. The second kappa shape index (κ2) is 5.16. The molecule has 0 aliphatic carbocycles. The Balaban J connectivity index is 2.87. The van der Waals surface area contributed by atoms with Gasteiger partial charge >= 0.3 is 5.97 Å². The third kappa shape index (κ3) is 3.34. The van der Waals surface area contributed by atoms with Crippen LogP contribution in [0.5, 0.6) is 5.75 Å². The number of anilines is 1. The molecule has 0 bridgehead atoms. The number of phenolic OH excluding ortho intramolecular Hbond substituents is 1. The summed E-state index contributed by atoms with van der Waals surface area (Å²) >= 11 is 0. The van der Waals surface area contributed by atoms with E-state index in [1.807, 2.05) is 0 Å². The van der Waals surface area contributed by atoms with Gasteiger partial charge in [-0.15, -0.1) is 0 Å². The molecule has 1 amide bonds. The van der Waals surface area contributed by atoms with Crippen molar-refractivity contribution in [3.63, 3.8) is 0 Å². The molecular formula is C12H13NO4. The van der Waals surface area contributed by atoms with Crippen molar-refractivity contribution in [1.82, 2.24) is 0 Å². The van der Waals surface area contributed by atoms with Gasteiger partial charge in [0.25, 0.3) is 5.91 Å². The number of carbonyl (C=O) groups is 2. The fraction of sp³-hybridized carbons (Fsp3) is 0.167. The Hall–Kier alpha value is -2.30. The molecule has 5 heteroatoms. The molecule has 0 spiro atoms. The van der Waals surface area contributed by atoms with Gasteiger partial charge in [-0.05, 0) is 31.2 Å². The average molecular weight is 235 g/mol. The second-order valence-electron chi connectivity index (χ2n) is 3.55. The lowest BCUT2D eigenvalue weighted by Crippen LogP contribution is -2.24. The van der Waals surface area contributed by atoms with Crippen LogP contribution in [0.25, 0.3) is 0 Å². The Labute approximate surface area is 98.6 Å². The second-order valence-corrected chi connectivity index (χ2v) is 3.55. The highest BCUT2D eigenvalue weighted by Crippen LogP contribution is 2.17. The smallest absolute Gasteiger partial charge is 0.331 e. The molecule has 2 N–H and O–H groups in total. The lowest BCUT2D eigenvalue weighted by Gasteiger charge is -2.15. The summed E-state index contributed by atoms with van der Waals surface area (Å²) in [7, 11) is 1.53. The number of aliphatic carboxylic acids is 1. The standard InChI is InChI=1S/C12H13NO4/c1-8(12(16)17)7-11(15)13(2)9-3-5-10(14)6-4-9/h3-7,14H,1-2H3,(H,16,17)/b8-7+. The minimum absolute atomic E-state index is 0.0272. The fourth-order valence-corrected chi connectivity index (χ4v) is 1.15. The van der Waals surface area contributed by atoms with Gasteiger partial charge in [0.15, 0.2) is 0 Å². The Morgan fingerprint density at radius 1 is 1.24 bits per heavy atom. The number of likely N-dealkylation sites (N-methyl/N-ethyl adjacent to an activating group) is 1. The Morgan fingerprint density at radius 2 is 1.76 bits per heavy atom. The van der Waals surface area contributed by atoms with E-state index in [9.17, 15) is 9.59 Å². The van der Waals surface area contributed by atoms with Gasteiger partial charge in [0.2, 0.25) is 0 Å². The van der Waals surface area contributed by atoms with Crippen LogP contribution in [0.2, 0.25) is 0 Å². The van der Waals surface area contributed by atoms with E-state index in [0.29, 0.717) is 5.69 Å². The SMILES string of the molecule is C/C(=C\C(=O)N(C)c1ccc(O)cc1)C(=O)O. The highest BCUT2D eigenvalue weighted by molar-refractivity contribution is 6.05. The monoisotopic (exact) mass is 235 g/mol. The summed E-state index contributed by atoms with van der Waals surface area (Å²) < 4.78 is 0. The average Bonchev–Trinajstić information content (AvgIpc) is 2.28. The first-order valence-electron chi connectivity index (χ1n) is 4.90. The van der Waals surface area contributed by atoms with E-state index >= 15 is 0 Å². The van der Waals surface area contributed by atoms with Crippen molar-refractivity contribution in [2.45, 2.75) is 6.92 Å². The molecule has 1 rings (SSSR count). The van der Waals surface area contributed by atoms with Gasteiger partial charge in [-0.3, -0.25) is 4.79 Å². The molecule has 0 heterocycles. The number of carboxylic acids is 1. The lowest BCUT2D eigenvalue weighted by atomic mass is 10.2. The third-order valence-corrected chi connectivity index (χ3v) is 2.24. The van der Waals surface area contributed by atoms with Crippen molar-refractivity contribution in [3.05, 3.63) is 35.9 Å². The number of phenols is 1. The predicted octanol–water partition coefficient (Wildman–Crippen LogP) is 1.39. The summed E-state index contributed by atoms with van der Waals surface area (Å²) in [5.41, 5.74) is 0.544. The van der Waals surface area contributed by atoms with Crippen LogP contribution < -0.4 is 4.90 Å². The third-order valence-electron chi connectivity index (χ3n) is 2.24. The van der Waals surface area contributed by atoms with Crippen molar-refractivity contribution in [2.24, 2.45) is 0 Å². The maximum absolute atomic E-state index is 11.7. The molecule has 0 saturated heterocycles. The molecule has 0 saturated carbocycles. The van der Waals surface area contributed by atoms with Crippen LogP contribution >= 0.6 is 0 Å². The number of aromatic hydroxyl groups is 1. The van der Waals surface area contributed by atoms with Gasteiger partial charge in [-0.2, -0.15) is 0 Å². The van der Waals surface area contributed by atoms with Gasteiger partial charge < -0.3 is 15.1 Å². The molecule has 1 aromatic rings. The van der Waals surface area contributed by atoms with Gasteiger partial charge in [-0.25, -0.2) is 4.79 Å². The molecule has 17 heavy (non-hydrogen) atoms. The van der Waals surface area contributed by atoms with Gasteiger partial charge in [0.05, 0.1) is 0 Å². The van der Waals surface area contributed by atoms with Gasteiger partial charge in [-0.1, -0.05) is 0 Å². The summed E-state index contributed by atoms with van der Waals surface area (Å²) in [5, 5.41) is 17.7. The van der Waals surface area contributed by atoms with Crippen LogP contribution in [-0.2, 0) is 9.59 Å². The van der Waals surface area contributed by atoms with Gasteiger partial charge in [0.1, 0.15) is 5.75 Å². The highest BCUT2D eigenvalue weighted by Gasteiger charge is 2.10. The van der Waals surface area contributed by atoms with Crippen molar-refractivity contribution in [1.29, 1.82) is 0 Å². The molecule has 1 aromatic carbocycles. The number of hydrogen-bond donors (Lipinski definition) is 2. The van der Waals surface area contributed by atoms with Crippen LogP contribution in [0.4, 0.5) is 5.69 Å². The quantitative estimate of drug-likeness (QED) is 0.776. The molecule has 0 aliphatic heterocycles. The first-order chi connectivity index (χ1) is 7.91. The summed E-state index contributed by atoms with van der Waals surface area (Å²) in [6, 6.07) is 6.04. The molecule has 0 unspecified atom stereocenters. The minimum atomic E-state index is -1.13. The topological polar surface area (TPSA) is 77.8 Å². The fourth-order valence-electron chi connectivity index (χ4n) is 1.15. The number of rotatable bonds is 3. The molecule has 5 nitrogen and oxygen atoms in total. The lowest BCUT2D eigenvalue weighted by molar-refractivity contribution is -0.132. The Kier molecular flexibility index (Phi) is 3.87. The van der Waals surface area contributed by atoms with Crippen LogP contribution in [-0.4, -0.2) is 29.1 Å². The van der Waals surface area contributed by atoms with Crippen LogP contribution in [0.15, 0.2) is 35.9 Å². The summed E-state index contributed by atoms with van der Waals surface area (Å²) in [5.74, 6) is -1.46. The van der Waals surface area contributed by atoms with E-state index in [-0.39, 0.29) is 11.3 Å². The van der Waals surface area contributed by atoms with Crippen molar-refractivity contribution in [2.75, 3.05) is 11.9 Å². The first kappa shape index (κ1) is 12.8. The zero-order valence-electron chi connectivity index (χ0n) is 9.54. The van der Waals surface area contributed by atoms with Crippen molar-refractivity contribution >= 4 is 17.6 Å². The molecule has 0 aliphatic rings. The van der Waals surface area contributed by atoms with Crippen LogP contribution in [0.1, 0.15) is 6.92 Å². The Bertz CT molecular complexity index is 462. The van der Waals surface area contributed by atoms with E-state index in [1.165, 1.54) is 31.0 Å². The molecule has 0 fully saturated rings. The zero-order valence-corrected chi connectivity index (χ0v) is 9.54. The molecule has 90 valence electrons. The number of carbonyl (C=O) groups excluding carboxylic acids is 1. The molecule has 0 radical (unpaired) electrons. The molecular weight excluding hydrogens is 222 g/mol. The van der Waals surface area contributed by atoms with Crippen LogP contribution in [0.3, 0.4) is 0 Å². The number of carboxylic acid groups (broad SMARTS) is 1. The zero-order chi connectivity index (χ0) is 13.0. The van der Waals surface area contributed by atoms with Crippen molar-refractivity contribution in [3.8, 4) is 5.75 Å². The summed E-state index contributed by atoms with van der Waals surface area (Å²) in [6.45, 7) is 1.35. The number of benzene rings is 1. The van der Waals surface area contributed by atoms with E-state index in [4.69, 9.17) is 10.2 Å². The molecule has 0 aromatic heterocycles. The summed E-state index contributed by atoms with van der Waals surface area (Å²) in [6.07, 6.45) is 1.05. The van der Waals surface area contributed by atoms with Crippen molar-refractivity contribution < 1.29 is 19.8 Å². The van der Waals surface area contributed by atoms with Gasteiger partial charge in [0, 0.05) is 24.4 Å². The maximum Gasteiger partial charge on any atom is 0.331 e. The predicted molar refractivity (Wildman–Crippen MR) is 62.9 cm³/mol. The Morgan fingerprint density at radius 3 is 2.24 bits per heavy atom. The van der Waals surface area contributed by atoms with Crippen LogP contribution in [0, 0.1) is 0 Å². The molecule has 0 atom stereocenters. The highest BCUT2D eigenvalue weighted by atomic mass is 16.4. The van der Waals surface area contributed by atoms with E-state index < -0.39 is 11.9 Å². The number of hydrogen-bond acceptors (Lipinski definition) is 3. The first-order valence-corrected chi connectivity index (χ1v) is 4.90. The minimum Gasteiger partial charge on any atom is -0.508 e. The van der Waals surface area contributed by atoms with E-state index in [1.54, 1.807) is 12.1 Å².